The van der Waals surface area contributed by atoms with E-state index < -0.39 is 0 Å². The Labute approximate surface area is 158 Å². The maximum atomic E-state index is 5.60. The number of benzene rings is 3. The molecule has 1 atom stereocenters. The van der Waals surface area contributed by atoms with Crippen LogP contribution in [0.1, 0.15) is 29.0 Å². The maximum absolute atomic E-state index is 5.60. The van der Waals surface area contributed by atoms with E-state index in [-0.39, 0.29) is 5.92 Å². The van der Waals surface area contributed by atoms with Crippen molar-refractivity contribution in [3.05, 3.63) is 65.2 Å². The van der Waals surface area contributed by atoms with Crippen molar-refractivity contribution in [3.63, 3.8) is 0 Å². The van der Waals surface area contributed by atoms with Crippen molar-refractivity contribution in [1.82, 2.24) is 0 Å². The van der Waals surface area contributed by atoms with Crippen LogP contribution in [0.4, 0.5) is 5.69 Å². The Morgan fingerprint density at radius 3 is 2.38 bits per heavy atom. The van der Waals surface area contributed by atoms with E-state index in [0.717, 1.165) is 39.7 Å². The number of rotatable bonds is 3. The normalized spacial score (nSPS) is 16.1. The molecule has 4 heteroatoms. The number of anilines is 1. The van der Waals surface area contributed by atoms with Gasteiger partial charge in [0.05, 0.1) is 24.9 Å². The molecule has 0 saturated heterocycles. The van der Waals surface area contributed by atoms with Gasteiger partial charge in [0.25, 0.3) is 0 Å². The van der Waals surface area contributed by atoms with Crippen molar-refractivity contribution in [2.24, 2.45) is 0 Å². The molecule has 0 aliphatic carbocycles. The lowest BCUT2D eigenvalue weighted by Gasteiger charge is -2.29. The fraction of sp³-hybridized carbons (Fsp3) is 0.227. The average Bonchev–Trinajstić information content (AvgIpc) is 2.67. The summed E-state index contributed by atoms with van der Waals surface area (Å²) in [6, 6.07) is 17.0. The molecule has 0 spiro atoms. The van der Waals surface area contributed by atoms with Gasteiger partial charge in [-0.2, -0.15) is 0 Å². The largest absolute Gasteiger partial charge is 0.496 e. The highest BCUT2D eigenvalue weighted by molar-refractivity contribution is 7.80. The van der Waals surface area contributed by atoms with Crippen LogP contribution in [0.15, 0.2) is 48.5 Å². The van der Waals surface area contributed by atoms with Gasteiger partial charge >= 0.3 is 0 Å². The molecule has 1 N–H and O–H groups in total. The van der Waals surface area contributed by atoms with Crippen molar-refractivity contribution >= 4 is 33.7 Å². The molecule has 0 amide bonds. The zero-order valence-corrected chi connectivity index (χ0v) is 15.9. The van der Waals surface area contributed by atoms with E-state index in [2.05, 4.69) is 53.8 Å². The molecule has 1 unspecified atom stereocenters. The fourth-order valence-corrected chi connectivity index (χ4v) is 4.08. The van der Waals surface area contributed by atoms with Gasteiger partial charge in [-0.3, -0.25) is 0 Å². The van der Waals surface area contributed by atoms with Crippen LogP contribution in [0.2, 0.25) is 0 Å². The Bertz CT molecular complexity index is 987. The number of thiocarbonyl (C=S) groups is 1. The number of methoxy groups -OCH3 is 2. The molecule has 3 aromatic rings. The molecule has 0 aromatic heterocycles. The topological polar surface area (TPSA) is 30.5 Å². The van der Waals surface area contributed by atoms with E-state index in [4.69, 9.17) is 21.7 Å². The van der Waals surface area contributed by atoms with E-state index in [1.807, 2.05) is 6.92 Å². The smallest absolute Gasteiger partial charge is 0.125 e. The Balaban J connectivity index is 1.92. The quantitative estimate of drug-likeness (QED) is 0.628. The van der Waals surface area contributed by atoms with Crippen LogP contribution in [-0.2, 0) is 0 Å². The highest BCUT2D eigenvalue weighted by Crippen LogP contribution is 2.43. The number of ether oxygens (including phenoxy) is 2. The summed E-state index contributed by atoms with van der Waals surface area (Å²) in [6.45, 7) is 2.01. The van der Waals surface area contributed by atoms with Gasteiger partial charge < -0.3 is 14.8 Å². The van der Waals surface area contributed by atoms with Crippen LogP contribution >= 0.6 is 12.2 Å². The fourth-order valence-electron chi connectivity index (χ4n) is 3.81. The van der Waals surface area contributed by atoms with Gasteiger partial charge in [0.15, 0.2) is 0 Å². The third-order valence-electron chi connectivity index (χ3n) is 5.17. The lowest BCUT2D eigenvalue weighted by molar-refractivity contribution is 0.387. The first kappa shape index (κ1) is 16.9. The van der Waals surface area contributed by atoms with Gasteiger partial charge in [-0.1, -0.05) is 48.6 Å². The van der Waals surface area contributed by atoms with Gasteiger partial charge in [0, 0.05) is 23.3 Å². The maximum Gasteiger partial charge on any atom is 0.125 e. The van der Waals surface area contributed by atoms with Crippen molar-refractivity contribution < 1.29 is 9.47 Å². The molecule has 4 rings (SSSR count). The van der Waals surface area contributed by atoms with Crippen LogP contribution in [0, 0.1) is 6.92 Å². The van der Waals surface area contributed by atoms with Crippen LogP contribution < -0.4 is 14.8 Å². The second-order valence-corrected chi connectivity index (χ2v) is 7.10. The summed E-state index contributed by atoms with van der Waals surface area (Å²) in [7, 11) is 3.39. The number of hydrogen-bond acceptors (Lipinski definition) is 3. The molecule has 0 fully saturated rings. The van der Waals surface area contributed by atoms with E-state index in [1.165, 1.54) is 16.3 Å². The van der Waals surface area contributed by atoms with Crippen molar-refractivity contribution in [3.8, 4) is 11.5 Å². The molecule has 1 aliphatic heterocycles. The van der Waals surface area contributed by atoms with Crippen LogP contribution in [-0.4, -0.2) is 19.2 Å². The first-order valence-electron chi connectivity index (χ1n) is 8.66. The van der Waals surface area contributed by atoms with Crippen LogP contribution in [0.3, 0.4) is 0 Å². The van der Waals surface area contributed by atoms with Gasteiger partial charge in [-0.05, 0) is 35.6 Å². The zero-order chi connectivity index (χ0) is 18.3. The van der Waals surface area contributed by atoms with Gasteiger partial charge in [-0.25, -0.2) is 0 Å². The van der Waals surface area contributed by atoms with E-state index >= 15 is 0 Å². The standard InChI is InChI=1S/C22H21NO2S/c1-13-19(24-2)10-15(11-20(13)25-3)18-12-21(26)23-22-16-7-5-4-6-14(16)8-9-17(18)22/h4-11,18H,12H2,1-3H3,(H,23,26). The molecule has 0 radical (unpaired) electrons. The third kappa shape index (κ3) is 2.71. The average molecular weight is 363 g/mol. The summed E-state index contributed by atoms with van der Waals surface area (Å²) < 4.78 is 11.2. The minimum absolute atomic E-state index is 0.173. The van der Waals surface area contributed by atoms with Crippen LogP contribution in [0.25, 0.3) is 10.8 Å². The third-order valence-corrected chi connectivity index (χ3v) is 5.44. The second-order valence-electron chi connectivity index (χ2n) is 6.61. The molecule has 0 bridgehead atoms. The Morgan fingerprint density at radius 2 is 1.69 bits per heavy atom. The molecule has 3 nitrogen and oxygen atoms in total. The number of hydrogen-bond donors (Lipinski definition) is 1. The zero-order valence-electron chi connectivity index (χ0n) is 15.1. The number of fused-ring (bicyclic) bond motifs is 3. The van der Waals surface area contributed by atoms with E-state index in [0.29, 0.717) is 0 Å². The molecular formula is C22H21NO2S. The number of nitrogens with one attached hydrogen (secondary N) is 1. The highest BCUT2D eigenvalue weighted by Gasteiger charge is 2.27. The lowest BCUT2D eigenvalue weighted by atomic mass is 9.83. The van der Waals surface area contributed by atoms with Gasteiger partial charge in [0.2, 0.25) is 0 Å². The van der Waals surface area contributed by atoms with Gasteiger partial charge in [-0.15, -0.1) is 0 Å². The SMILES string of the molecule is COc1cc(C2CC(=S)Nc3c2ccc2ccccc32)cc(OC)c1C. The second kappa shape index (κ2) is 6.61. The summed E-state index contributed by atoms with van der Waals surface area (Å²) in [6.07, 6.45) is 0.774. The minimum Gasteiger partial charge on any atom is -0.496 e. The molecular weight excluding hydrogens is 342 g/mol. The Kier molecular flexibility index (Phi) is 4.29. The molecule has 1 aliphatic rings. The predicted octanol–water partition coefficient (Wildman–Crippen LogP) is 5.44. The summed E-state index contributed by atoms with van der Waals surface area (Å²) in [5, 5.41) is 5.85. The first-order chi connectivity index (χ1) is 12.6. The van der Waals surface area contributed by atoms with Crippen LogP contribution in [0.5, 0.6) is 11.5 Å². The molecule has 0 saturated carbocycles. The predicted molar refractivity (Wildman–Crippen MR) is 111 cm³/mol. The van der Waals surface area contributed by atoms with Crippen molar-refractivity contribution in [2.75, 3.05) is 19.5 Å². The lowest BCUT2D eigenvalue weighted by Crippen LogP contribution is -2.22. The van der Waals surface area contributed by atoms with Crippen molar-refractivity contribution in [1.29, 1.82) is 0 Å². The highest BCUT2D eigenvalue weighted by atomic mass is 32.1. The molecule has 3 aromatic carbocycles. The summed E-state index contributed by atoms with van der Waals surface area (Å²) in [5.41, 5.74) is 4.53. The molecule has 26 heavy (non-hydrogen) atoms. The first-order valence-corrected chi connectivity index (χ1v) is 9.07. The minimum atomic E-state index is 0.173. The summed E-state index contributed by atoms with van der Waals surface area (Å²) in [5.74, 6) is 1.85. The van der Waals surface area contributed by atoms with E-state index in [9.17, 15) is 0 Å². The van der Waals surface area contributed by atoms with E-state index in [1.54, 1.807) is 14.2 Å². The summed E-state index contributed by atoms with van der Waals surface area (Å²) >= 11 is 5.60. The van der Waals surface area contributed by atoms with Gasteiger partial charge in [0.1, 0.15) is 11.5 Å². The Morgan fingerprint density at radius 1 is 1.00 bits per heavy atom. The Hall–Kier alpha value is -2.59. The van der Waals surface area contributed by atoms with Crippen molar-refractivity contribution in [2.45, 2.75) is 19.3 Å². The molecule has 1 heterocycles. The monoisotopic (exact) mass is 363 g/mol. The molecule has 132 valence electrons. The summed E-state index contributed by atoms with van der Waals surface area (Å²) in [4.78, 5) is 0.859.